The summed E-state index contributed by atoms with van der Waals surface area (Å²) in [5, 5.41) is 54.0. The fourth-order valence-electron chi connectivity index (χ4n) is 5.40. The summed E-state index contributed by atoms with van der Waals surface area (Å²) >= 11 is 0. The van der Waals surface area contributed by atoms with Gasteiger partial charge in [0, 0.05) is 13.1 Å². The van der Waals surface area contributed by atoms with E-state index in [9.17, 15) is 39.1 Å². The number of ether oxygens (including phenoxy) is 4. The molecule has 0 radical (unpaired) electrons. The number of carboxylic acids is 1. The predicted molar refractivity (Wildman–Crippen MR) is 136 cm³/mol. The molecule has 6 N–H and O–H groups in total. The first-order chi connectivity index (χ1) is 19.6. The number of hydrogen-bond donors (Lipinski definition) is 6. The number of aryl methyl sites for hydroxylation is 2. The molecule has 1 fully saturated rings. The van der Waals surface area contributed by atoms with Crippen LogP contribution >= 0.6 is 0 Å². The van der Waals surface area contributed by atoms with E-state index in [1.165, 1.54) is 36.4 Å². The fourth-order valence-corrected chi connectivity index (χ4v) is 5.40. The van der Waals surface area contributed by atoms with Crippen LogP contribution in [0.5, 0.6) is 11.5 Å². The first kappa shape index (κ1) is 29.6. The fraction of sp³-hybridized carbons (Fsp3) is 0.536. The molecular weight excluding hydrogens is 548 g/mol. The minimum Gasteiger partial charge on any atom is -0.487 e. The van der Waals surface area contributed by atoms with E-state index in [4.69, 9.17) is 18.9 Å². The van der Waals surface area contributed by atoms with Crippen LogP contribution in [0.3, 0.4) is 0 Å². The van der Waals surface area contributed by atoms with Crippen LogP contribution in [-0.4, -0.2) is 99.7 Å². The molecule has 0 aromatic heterocycles. The average molecular weight is 582 g/mol. The van der Waals surface area contributed by atoms with Crippen molar-refractivity contribution in [1.82, 2.24) is 5.32 Å². The van der Waals surface area contributed by atoms with Crippen molar-refractivity contribution in [2.24, 2.45) is 0 Å². The maximum atomic E-state index is 13.7. The van der Waals surface area contributed by atoms with Gasteiger partial charge in [0.2, 0.25) is 0 Å². The van der Waals surface area contributed by atoms with Gasteiger partial charge in [0.15, 0.2) is 12.4 Å². The van der Waals surface area contributed by atoms with Crippen molar-refractivity contribution in [1.29, 1.82) is 0 Å². The predicted octanol–water partition coefficient (Wildman–Crippen LogP) is 0.280. The SMILES string of the molecule is O=C(O)C1OC(OC(CNCC(O)C2CCc3cc(F)ccc3O2)C2CCc3cc(F)ccc3O2)C(O)C(O)C1O. The lowest BCUT2D eigenvalue weighted by Gasteiger charge is -2.41. The molecule has 0 saturated carbocycles. The molecule has 13 heteroatoms. The molecular formula is C28H33F2NO10. The largest absolute Gasteiger partial charge is 0.487 e. The third kappa shape index (κ3) is 6.61. The first-order valence-corrected chi connectivity index (χ1v) is 13.5. The van der Waals surface area contributed by atoms with Crippen molar-refractivity contribution >= 4 is 5.97 Å². The second kappa shape index (κ2) is 12.5. The number of benzene rings is 2. The van der Waals surface area contributed by atoms with Crippen molar-refractivity contribution in [2.75, 3.05) is 13.1 Å². The Kier molecular flexibility index (Phi) is 9.04. The number of aliphatic hydroxyl groups excluding tert-OH is 4. The van der Waals surface area contributed by atoms with Crippen LogP contribution in [0.15, 0.2) is 36.4 Å². The molecule has 9 unspecified atom stereocenters. The summed E-state index contributed by atoms with van der Waals surface area (Å²) < 4.78 is 50.4. The number of aliphatic carboxylic acids is 1. The molecule has 1 saturated heterocycles. The van der Waals surface area contributed by atoms with E-state index in [-0.39, 0.29) is 18.9 Å². The molecule has 2 aromatic carbocycles. The Labute approximate surface area is 234 Å². The van der Waals surface area contributed by atoms with Gasteiger partial charge in [-0.1, -0.05) is 0 Å². The number of fused-ring (bicyclic) bond motifs is 2. The molecule has 3 aliphatic rings. The van der Waals surface area contributed by atoms with E-state index in [0.29, 0.717) is 42.7 Å². The lowest BCUT2D eigenvalue weighted by molar-refractivity contribution is -0.309. The highest BCUT2D eigenvalue weighted by Gasteiger charge is 2.49. The van der Waals surface area contributed by atoms with Crippen molar-refractivity contribution in [3.63, 3.8) is 0 Å². The molecule has 5 rings (SSSR count). The summed E-state index contributed by atoms with van der Waals surface area (Å²) in [5.41, 5.74) is 1.39. The van der Waals surface area contributed by atoms with Gasteiger partial charge in [-0.25, -0.2) is 13.6 Å². The number of hydrogen-bond acceptors (Lipinski definition) is 10. The van der Waals surface area contributed by atoms with Crippen LogP contribution in [0, 0.1) is 11.6 Å². The van der Waals surface area contributed by atoms with Gasteiger partial charge < -0.3 is 49.8 Å². The van der Waals surface area contributed by atoms with Gasteiger partial charge in [0.25, 0.3) is 0 Å². The van der Waals surface area contributed by atoms with Crippen molar-refractivity contribution in [3.05, 3.63) is 59.2 Å². The molecule has 3 heterocycles. The summed E-state index contributed by atoms with van der Waals surface area (Å²) in [6.07, 6.45) is -10.2. The average Bonchev–Trinajstić information content (AvgIpc) is 2.95. The van der Waals surface area contributed by atoms with Crippen LogP contribution in [0.1, 0.15) is 24.0 Å². The van der Waals surface area contributed by atoms with Crippen LogP contribution < -0.4 is 14.8 Å². The Morgan fingerprint density at radius 3 is 2.10 bits per heavy atom. The van der Waals surface area contributed by atoms with Crippen LogP contribution in [-0.2, 0) is 27.1 Å². The number of carboxylic acid groups (broad SMARTS) is 1. The van der Waals surface area contributed by atoms with Crippen LogP contribution in [0.4, 0.5) is 8.78 Å². The molecule has 9 atom stereocenters. The Hall–Kier alpha value is -2.91. The molecule has 2 aromatic rings. The normalized spacial score (nSPS) is 30.7. The van der Waals surface area contributed by atoms with Gasteiger partial charge >= 0.3 is 5.97 Å². The van der Waals surface area contributed by atoms with E-state index in [1.807, 2.05) is 0 Å². The summed E-state index contributed by atoms with van der Waals surface area (Å²) in [4.78, 5) is 11.5. The monoisotopic (exact) mass is 581 g/mol. The molecule has 0 bridgehead atoms. The maximum absolute atomic E-state index is 13.7. The quantitative estimate of drug-likeness (QED) is 0.241. The number of rotatable bonds is 9. The van der Waals surface area contributed by atoms with Crippen molar-refractivity contribution in [3.8, 4) is 11.5 Å². The lowest BCUT2D eigenvalue weighted by Crippen LogP contribution is -2.62. The topological polar surface area (TPSA) is 167 Å². The van der Waals surface area contributed by atoms with Gasteiger partial charge in [-0.2, -0.15) is 0 Å². The summed E-state index contributed by atoms with van der Waals surface area (Å²) in [5.74, 6) is -1.37. The second-order valence-corrected chi connectivity index (χ2v) is 10.5. The molecule has 41 heavy (non-hydrogen) atoms. The molecule has 11 nitrogen and oxygen atoms in total. The molecule has 0 spiro atoms. The van der Waals surface area contributed by atoms with Gasteiger partial charge in [0.05, 0.1) is 0 Å². The van der Waals surface area contributed by atoms with Crippen LogP contribution in [0.2, 0.25) is 0 Å². The summed E-state index contributed by atoms with van der Waals surface area (Å²) in [7, 11) is 0. The highest BCUT2D eigenvalue weighted by molar-refractivity contribution is 5.73. The van der Waals surface area contributed by atoms with Gasteiger partial charge in [0.1, 0.15) is 65.9 Å². The zero-order valence-corrected chi connectivity index (χ0v) is 21.9. The van der Waals surface area contributed by atoms with E-state index in [1.54, 1.807) is 0 Å². The Morgan fingerprint density at radius 2 is 1.49 bits per heavy atom. The van der Waals surface area contributed by atoms with E-state index < -0.39 is 66.9 Å². The molecule has 0 aliphatic carbocycles. The third-order valence-corrected chi connectivity index (χ3v) is 7.66. The molecule has 3 aliphatic heterocycles. The smallest absolute Gasteiger partial charge is 0.335 e. The van der Waals surface area contributed by atoms with Crippen LogP contribution in [0.25, 0.3) is 0 Å². The van der Waals surface area contributed by atoms with Crippen molar-refractivity contribution < 1.29 is 58.1 Å². The van der Waals surface area contributed by atoms with Crippen molar-refractivity contribution in [2.45, 2.75) is 80.8 Å². The zero-order chi connectivity index (χ0) is 29.3. The number of nitrogens with one attached hydrogen (secondary N) is 1. The Morgan fingerprint density at radius 1 is 0.902 bits per heavy atom. The number of carbonyl (C=O) groups is 1. The van der Waals surface area contributed by atoms with E-state index in [0.717, 1.165) is 5.56 Å². The summed E-state index contributed by atoms with van der Waals surface area (Å²) in [6, 6.07) is 8.33. The van der Waals surface area contributed by atoms with E-state index in [2.05, 4.69) is 5.32 Å². The number of aliphatic hydroxyl groups is 4. The highest BCUT2D eigenvalue weighted by Crippen LogP contribution is 2.32. The van der Waals surface area contributed by atoms with E-state index >= 15 is 0 Å². The third-order valence-electron chi connectivity index (χ3n) is 7.66. The minimum absolute atomic E-state index is 0.0374. The Bertz CT molecular complexity index is 1230. The van der Waals surface area contributed by atoms with Gasteiger partial charge in [-0.05, 0) is 73.2 Å². The second-order valence-electron chi connectivity index (χ2n) is 10.5. The standard InChI is InChI=1S/C28H33F2NO10/c29-15-3-7-18-13(9-15)1-5-20(38-18)17(32)11-31-12-22(21-6-2-14-10-16(30)4-8-19(14)39-21)40-28-25(35)23(33)24(34)26(41-28)27(36)37/h3-4,7-10,17,20-26,28,31-35H,1-2,5-6,11-12H2,(H,36,37). The summed E-state index contributed by atoms with van der Waals surface area (Å²) in [6.45, 7) is 0.0957. The number of halogens is 2. The molecule has 224 valence electrons. The van der Waals surface area contributed by atoms with Gasteiger partial charge in [-0.3, -0.25) is 0 Å². The minimum atomic E-state index is -1.88. The van der Waals surface area contributed by atoms with Gasteiger partial charge in [-0.15, -0.1) is 0 Å². The highest BCUT2D eigenvalue weighted by atomic mass is 19.1. The zero-order valence-electron chi connectivity index (χ0n) is 21.9. The first-order valence-electron chi connectivity index (χ1n) is 13.5. The molecule has 0 amide bonds. The maximum Gasteiger partial charge on any atom is 0.335 e. The Balaban J connectivity index is 1.26. The lowest BCUT2D eigenvalue weighted by atomic mass is 9.97.